The minimum Gasteiger partial charge on any atom is -0.459 e. The topological polar surface area (TPSA) is 65.2 Å². The molecule has 0 amide bonds. The standard InChI is InChI=1S/C17H22N2O2/c1-11-5-7-13-9-12(6-8-15(13)19-11)10-14(18)16(20)21-17(2,3)4/h5-9,14H,10,18H2,1-4H3/t14-/m1/s1. The molecule has 0 aliphatic carbocycles. The van der Waals surface area contributed by atoms with E-state index in [-0.39, 0.29) is 5.97 Å². The number of aryl methyl sites for hydroxylation is 1. The van der Waals surface area contributed by atoms with E-state index < -0.39 is 11.6 Å². The van der Waals surface area contributed by atoms with E-state index in [1.807, 2.05) is 58.0 Å². The number of carbonyl (C=O) groups excluding carboxylic acids is 1. The summed E-state index contributed by atoms with van der Waals surface area (Å²) in [4.78, 5) is 16.4. The molecule has 4 heteroatoms. The average molecular weight is 286 g/mol. The third-order valence-corrected chi connectivity index (χ3v) is 3.06. The van der Waals surface area contributed by atoms with Crippen LogP contribution in [0.2, 0.25) is 0 Å². The number of pyridine rings is 1. The number of carbonyl (C=O) groups is 1. The molecule has 1 heterocycles. The van der Waals surface area contributed by atoms with Gasteiger partial charge in [-0.05, 0) is 57.9 Å². The summed E-state index contributed by atoms with van der Waals surface area (Å²) in [6, 6.07) is 9.28. The van der Waals surface area contributed by atoms with Gasteiger partial charge in [-0.2, -0.15) is 0 Å². The minimum absolute atomic E-state index is 0.371. The lowest BCUT2D eigenvalue weighted by Crippen LogP contribution is -2.38. The van der Waals surface area contributed by atoms with Gasteiger partial charge in [-0.1, -0.05) is 12.1 Å². The lowest BCUT2D eigenvalue weighted by Gasteiger charge is -2.22. The van der Waals surface area contributed by atoms with Gasteiger partial charge in [0.2, 0.25) is 0 Å². The molecule has 1 aromatic heterocycles. The van der Waals surface area contributed by atoms with E-state index in [0.29, 0.717) is 6.42 Å². The van der Waals surface area contributed by atoms with Crippen LogP contribution in [0.5, 0.6) is 0 Å². The highest BCUT2D eigenvalue weighted by Crippen LogP contribution is 2.16. The number of benzene rings is 1. The van der Waals surface area contributed by atoms with Crippen molar-refractivity contribution in [1.29, 1.82) is 0 Å². The van der Waals surface area contributed by atoms with Gasteiger partial charge in [-0.15, -0.1) is 0 Å². The van der Waals surface area contributed by atoms with Crippen molar-refractivity contribution in [3.8, 4) is 0 Å². The van der Waals surface area contributed by atoms with Crippen molar-refractivity contribution in [2.24, 2.45) is 5.73 Å². The molecule has 0 fully saturated rings. The SMILES string of the molecule is Cc1ccc2cc(C[C@@H](N)C(=O)OC(C)(C)C)ccc2n1. The van der Waals surface area contributed by atoms with Crippen LogP contribution in [0.25, 0.3) is 10.9 Å². The Morgan fingerprint density at radius 3 is 2.67 bits per heavy atom. The lowest BCUT2D eigenvalue weighted by atomic mass is 10.0. The molecule has 0 radical (unpaired) electrons. The number of aromatic nitrogens is 1. The van der Waals surface area contributed by atoms with Crippen LogP contribution in [0.3, 0.4) is 0 Å². The Hall–Kier alpha value is -1.94. The van der Waals surface area contributed by atoms with Crippen LogP contribution in [0, 0.1) is 6.92 Å². The fourth-order valence-electron chi connectivity index (χ4n) is 2.12. The largest absolute Gasteiger partial charge is 0.459 e. The van der Waals surface area contributed by atoms with Crippen LogP contribution in [-0.2, 0) is 16.0 Å². The van der Waals surface area contributed by atoms with Crippen molar-refractivity contribution in [2.75, 3.05) is 0 Å². The molecule has 2 rings (SSSR count). The number of fused-ring (bicyclic) bond motifs is 1. The normalized spacial score (nSPS) is 13.2. The van der Waals surface area contributed by atoms with E-state index >= 15 is 0 Å². The van der Waals surface area contributed by atoms with Crippen LogP contribution in [0.4, 0.5) is 0 Å². The Balaban J connectivity index is 2.12. The maximum absolute atomic E-state index is 11.9. The van der Waals surface area contributed by atoms with Gasteiger partial charge < -0.3 is 10.5 Å². The van der Waals surface area contributed by atoms with E-state index in [1.165, 1.54) is 0 Å². The third-order valence-electron chi connectivity index (χ3n) is 3.06. The van der Waals surface area contributed by atoms with Gasteiger partial charge in [-0.25, -0.2) is 0 Å². The second kappa shape index (κ2) is 5.82. The highest BCUT2D eigenvalue weighted by molar-refractivity contribution is 5.80. The summed E-state index contributed by atoms with van der Waals surface area (Å²) < 4.78 is 5.30. The van der Waals surface area contributed by atoms with E-state index in [2.05, 4.69) is 4.98 Å². The smallest absolute Gasteiger partial charge is 0.323 e. The van der Waals surface area contributed by atoms with Gasteiger partial charge in [0.05, 0.1) is 5.52 Å². The molecule has 1 aromatic carbocycles. The first-order chi connectivity index (χ1) is 9.74. The minimum atomic E-state index is -0.653. The average Bonchev–Trinajstić information content (AvgIpc) is 2.37. The molecule has 0 bridgehead atoms. The van der Waals surface area contributed by atoms with Gasteiger partial charge in [0, 0.05) is 11.1 Å². The Labute approximate surface area is 125 Å². The van der Waals surface area contributed by atoms with Crippen molar-refractivity contribution in [1.82, 2.24) is 4.98 Å². The Kier molecular flexibility index (Phi) is 4.28. The van der Waals surface area contributed by atoms with E-state index in [4.69, 9.17) is 10.5 Å². The number of ether oxygens (including phenoxy) is 1. The summed E-state index contributed by atoms with van der Waals surface area (Å²) in [7, 11) is 0. The Bertz CT molecular complexity index is 659. The molecule has 0 unspecified atom stereocenters. The molecule has 1 atom stereocenters. The zero-order chi connectivity index (χ0) is 15.6. The molecule has 0 aliphatic rings. The van der Waals surface area contributed by atoms with Gasteiger partial charge >= 0.3 is 5.97 Å². The van der Waals surface area contributed by atoms with Crippen molar-refractivity contribution >= 4 is 16.9 Å². The number of esters is 1. The zero-order valence-corrected chi connectivity index (χ0v) is 13.0. The number of nitrogens with zero attached hydrogens (tertiary/aromatic N) is 1. The Morgan fingerprint density at radius 2 is 2.00 bits per heavy atom. The van der Waals surface area contributed by atoms with Crippen molar-refractivity contribution in [3.05, 3.63) is 41.6 Å². The molecular weight excluding hydrogens is 264 g/mol. The number of nitrogens with two attached hydrogens (primary N) is 1. The quantitative estimate of drug-likeness (QED) is 0.881. The predicted molar refractivity (Wildman–Crippen MR) is 84.0 cm³/mol. The highest BCUT2D eigenvalue weighted by atomic mass is 16.6. The summed E-state index contributed by atoms with van der Waals surface area (Å²) in [5.41, 5.74) is 8.36. The van der Waals surface area contributed by atoms with E-state index in [0.717, 1.165) is 22.2 Å². The highest BCUT2D eigenvalue weighted by Gasteiger charge is 2.22. The van der Waals surface area contributed by atoms with Gasteiger partial charge in [0.1, 0.15) is 11.6 Å². The maximum Gasteiger partial charge on any atom is 0.323 e. The van der Waals surface area contributed by atoms with E-state index in [9.17, 15) is 4.79 Å². The summed E-state index contributed by atoms with van der Waals surface area (Å²) in [5, 5.41) is 1.05. The van der Waals surface area contributed by atoms with Crippen LogP contribution < -0.4 is 5.73 Å². The summed E-state index contributed by atoms with van der Waals surface area (Å²) >= 11 is 0. The molecule has 0 aliphatic heterocycles. The molecule has 2 N–H and O–H groups in total. The summed E-state index contributed by atoms with van der Waals surface area (Å²) in [6.45, 7) is 7.47. The first-order valence-electron chi connectivity index (χ1n) is 7.09. The molecule has 0 saturated heterocycles. The molecule has 0 saturated carbocycles. The van der Waals surface area contributed by atoms with Crippen LogP contribution in [-0.4, -0.2) is 22.6 Å². The second-order valence-electron chi connectivity index (χ2n) is 6.32. The molecule has 112 valence electrons. The lowest BCUT2D eigenvalue weighted by molar-refractivity contribution is -0.156. The van der Waals surface area contributed by atoms with Crippen molar-refractivity contribution < 1.29 is 9.53 Å². The fourth-order valence-corrected chi connectivity index (χ4v) is 2.12. The Morgan fingerprint density at radius 1 is 1.29 bits per heavy atom. The molecular formula is C17H22N2O2. The third kappa shape index (κ3) is 4.26. The molecule has 21 heavy (non-hydrogen) atoms. The van der Waals surface area contributed by atoms with Gasteiger partial charge in [-0.3, -0.25) is 9.78 Å². The van der Waals surface area contributed by atoms with Crippen LogP contribution >= 0.6 is 0 Å². The number of hydrogen-bond donors (Lipinski definition) is 1. The van der Waals surface area contributed by atoms with Gasteiger partial charge in [0.25, 0.3) is 0 Å². The summed E-state index contributed by atoms with van der Waals surface area (Å²) in [6.07, 6.45) is 0.457. The molecule has 0 spiro atoms. The van der Waals surface area contributed by atoms with Crippen LogP contribution in [0.15, 0.2) is 30.3 Å². The van der Waals surface area contributed by atoms with Crippen molar-refractivity contribution in [3.63, 3.8) is 0 Å². The van der Waals surface area contributed by atoms with Crippen molar-refractivity contribution in [2.45, 2.75) is 45.8 Å². The number of hydrogen-bond acceptors (Lipinski definition) is 4. The number of rotatable bonds is 3. The predicted octanol–water partition coefficient (Wildman–Crippen LogP) is 2.75. The fraction of sp³-hybridized carbons (Fsp3) is 0.412. The summed E-state index contributed by atoms with van der Waals surface area (Å²) in [5.74, 6) is -0.371. The maximum atomic E-state index is 11.9. The van der Waals surface area contributed by atoms with Gasteiger partial charge in [0.15, 0.2) is 0 Å². The van der Waals surface area contributed by atoms with E-state index in [1.54, 1.807) is 0 Å². The zero-order valence-electron chi connectivity index (χ0n) is 13.0. The molecule has 2 aromatic rings. The molecule has 4 nitrogen and oxygen atoms in total. The second-order valence-corrected chi connectivity index (χ2v) is 6.32. The van der Waals surface area contributed by atoms with Crippen LogP contribution in [0.1, 0.15) is 32.0 Å². The monoisotopic (exact) mass is 286 g/mol. The first-order valence-corrected chi connectivity index (χ1v) is 7.09. The first kappa shape index (κ1) is 15.4.